The molecule has 1 heterocycles. The zero-order chi connectivity index (χ0) is 14.8. The predicted octanol–water partition coefficient (Wildman–Crippen LogP) is 4.82. The van der Waals surface area contributed by atoms with Crippen molar-refractivity contribution in [3.05, 3.63) is 29.8 Å². The molecule has 0 aliphatic carbocycles. The molecule has 3 atom stereocenters. The maximum absolute atomic E-state index is 5.90. The van der Waals surface area contributed by atoms with Crippen LogP contribution in [0.3, 0.4) is 0 Å². The van der Waals surface area contributed by atoms with Gasteiger partial charge in [0.25, 0.3) is 0 Å². The first-order valence-electron chi connectivity index (χ1n) is 7.94. The lowest BCUT2D eigenvalue weighted by molar-refractivity contribution is 0.0461. The summed E-state index contributed by atoms with van der Waals surface area (Å²) in [6.45, 7) is 12.2. The summed E-state index contributed by atoms with van der Waals surface area (Å²) in [6, 6.07) is 8.70. The zero-order valence-electron chi connectivity index (χ0n) is 13.6. The van der Waals surface area contributed by atoms with E-state index in [0.29, 0.717) is 17.9 Å². The van der Waals surface area contributed by atoms with Crippen LogP contribution in [0.25, 0.3) is 0 Å². The summed E-state index contributed by atoms with van der Waals surface area (Å²) < 4.78 is 5.90. The summed E-state index contributed by atoms with van der Waals surface area (Å²) in [4.78, 5) is 0. The molecule has 0 saturated carbocycles. The van der Waals surface area contributed by atoms with Crippen LogP contribution in [0.2, 0.25) is 0 Å². The SMILES string of the molecule is CCC(C)OCCC1C(C)c2ccccc2NC1(C)C. The fourth-order valence-corrected chi connectivity index (χ4v) is 3.41. The minimum atomic E-state index is 0.118. The molecule has 1 aromatic carbocycles. The molecule has 1 N–H and O–H groups in total. The molecule has 1 aliphatic heterocycles. The van der Waals surface area contributed by atoms with Crippen molar-refractivity contribution < 1.29 is 4.74 Å². The van der Waals surface area contributed by atoms with Gasteiger partial charge in [-0.2, -0.15) is 0 Å². The molecular formula is C18H29NO. The molecule has 1 aliphatic rings. The Labute approximate surface area is 123 Å². The summed E-state index contributed by atoms with van der Waals surface area (Å²) in [5.41, 5.74) is 2.86. The number of anilines is 1. The highest BCUT2D eigenvalue weighted by Crippen LogP contribution is 2.44. The molecule has 0 aromatic heterocycles. The zero-order valence-corrected chi connectivity index (χ0v) is 13.6. The highest BCUT2D eigenvalue weighted by Gasteiger charge is 2.38. The van der Waals surface area contributed by atoms with E-state index in [0.717, 1.165) is 19.4 Å². The Bertz CT molecular complexity index is 441. The lowest BCUT2D eigenvalue weighted by atomic mass is 9.70. The first kappa shape index (κ1) is 15.4. The van der Waals surface area contributed by atoms with Gasteiger partial charge in [0.2, 0.25) is 0 Å². The van der Waals surface area contributed by atoms with E-state index in [1.807, 2.05) is 0 Å². The third-order valence-corrected chi connectivity index (χ3v) is 4.84. The van der Waals surface area contributed by atoms with E-state index in [1.165, 1.54) is 11.3 Å². The van der Waals surface area contributed by atoms with Crippen LogP contribution < -0.4 is 5.32 Å². The summed E-state index contributed by atoms with van der Waals surface area (Å²) in [5, 5.41) is 3.71. The van der Waals surface area contributed by atoms with Crippen molar-refractivity contribution in [2.24, 2.45) is 5.92 Å². The molecule has 0 bridgehead atoms. The number of nitrogens with one attached hydrogen (secondary N) is 1. The van der Waals surface area contributed by atoms with Gasteiger partial charge in [0.15, 0.2) is 0 Å². The summed E-state index contributed by atoms with van der Waals surface area (Å²) in [5.74, 6) is 1.17. The molecule has 3 unspecified atom stereocenters. The quantitative estimate of drug-likeness (QED) is 0.832. The first-order valence-corrected chi connectivity index (χ1v) is 7.94. The minimum Gasteiger partial charge on any atom is -0.380 e. The van der Waals surface area contributed by atoms with Gasteiger partial charge in [-0.25, -0.2) is 0 Å². The Kier molecular flexibility index (Phi) is 4.74. The van der Waals surface area contributed by atoms with Gasteiger partial charge in [0, 0.05) is 17.8 Å². The Morgan fingerprint density at radius 3 is 2.70 bits per heavy atom. The molecule has 0 fully saturated rings. The maximum Gasteiger partial charge on any atom is 0.0544 e. The monoisotopic (exact) mass is 275 g/mol. The van der Waals surface area contributed by atoms with Crippen molar-refractivity contribution in [2.45, 2.75) is 65.0 Å². The van der Waals surface area contributed by atoms with E-state index >= 15 is 0 Å². The van der Waals surface area contributed by atoms with Crippen LogP contribution >= 0.6 is 0 Å². The first-order chi connectivity index (χ1) is 9.45. The molecule has 0 spiro atoms. The van der Waals surface area contributed by atoms with Gasteiger partial charge in [0.05, 0.1) is 6.10 Å². The second-order valence-corrected chi connectivity index (χ2v) is 6.71. The average Bonchev–Trinajstić information content (AvgIpc) is 2.41. The van der Waals surface area contributed by atoms with E-state index in [2.05, 4.69) is 64.2 Å². The number of hydrogen-bond donors (Lipinski definition) is 1. The predicted molar refractivity (Wildman–Crippen MR) is 86.4 cm³/mol. The Hall–Kier alpha value is -1.02. The smallest absolute Gasteiger partial charge is 0.0544 e. The van der Waals surface area contributed by atoms with Crippen LogP contribution in [0.1, 0.15) is 58.9 Å². The molecule has 0 radical (unpaired) electrons. The van der Waals surface area contributed by atoms with E-state index in [4.69, 9.17) is 4.74 Å². The number of fused-ring (bicyclic) bond motifs is 1. The van der Waals surface area contributed by atoms with E-state index in [-0.39, 0.29) is 5.54 Å². The van der Waals surface area contributed by atoms with Gasteiger partial charge in [-0.15, -0.1) is 0 Å². The molecule has 2 rings (SSSR count). The summed E-state index contributed by atoms with van der Waals surface area (Å²) in [6.07, 6.45) is 2.57. The lowest BCUT2D eigenvalue weighted by Crippen LogP contribution is -2.46. The fraction of sp³-hybridized carbons (Fsp3) is 0.667. The minimum absolute atomic E-state index is 0.118. The van der Waals surface area contributed by atoms with Crippen LogP contribution in [-0.4, -0.2) is 18.2 Å². The van der Waals surface area contributed by atoms with Crippen molar-refractivity contribution in [1.82, 2.24) is 0 Å². The Balaban J connectivity index is 2.08. The molecule has 2 heteroatoms. The normalized spacial score (nSPS) is 25.6. The van der Waals surface area contributed by atoms with Crippen LogP contribution in [0.5, 0.6) is 0 Å². The third kappa shape index (κ3) is 3.17. The molecule has 112 valence electrons. The van der Waals surface area contributed by atoms with Gasteiger partial charge in [-0.05, 0) is 57.1 Å². The van der Waals surface area contributed by atoms with Gasteiger partial charge < -0.3 is 10.1 Å². The van der Waals surface area contributed by atoms with Gasteiger partial charge in [-0.1, -0.05) is 32.0 Å². The largest absolute Gasteiger partial charge is 0.380 e. The Morgan fingerprint density at radius 2 is 2.00 bits per heavy atom. The standard InChI is InChI=1S/C18H29NO/c1-6-13(2)20-12-11-16-14(3)15-9-7-8-10-17(15)19-18(16,4)5/h7-10,13-14,16,19H,6,11-12H2,1-5H3. The number of ether oxygens (including phenoxy) is 1. The Morgan fingerprint density at radius 1 is 1.30 bits per heavy atom. The highest BCUT2D eigenvalue weighted by molar-refractivity contribution is 5.57. The second kappa shape index (κ2) is 6.17. The summed E-state index contributed by atoms with van der Waals surface area (Å²) in [7, 11) is 0. The molecule has 0 saturated heterocycles. The molecule has 2 nitrogen and oxygen atoms in total. The average molecular weight is 275 g/mol. The molecule has 0 amide bonds. The van der Waals surface area contributed by atoms with Crippen LogP contribution in [0.4, 0.5) is 5.69 Å². The number of hydrogen-bond acceptors (Lipinski definition) is 2. The molecule has 20 heavy (non-hydrogen) atoms. The van der Waals surface area contributed by atoms with Gasteiger partial charge >= 0.3 is 0 Å². The van der Waals surface area contributed by atoms with Crippen molar-refractivity contribution in [1.29, 1.82) is 0 Å². The van der Waals surface area contributed by atoms with E-state index < -0.39 is 0 Å². The van der Waals surface area contributed by atoms with Gasteiger partial charge in [-0.3, -0.25) is 0 Å². The van der Waals surface area contributed by atoms with Crippen molar-refractivity contribution >= 4 is 5.69 Å². The number of para-hydroxylation sites is 1. The van der Waals surface area contributed by atoms with Crippen molar-refractivity contribution in [3.63, 3.8) is 0 Å². The second-order valence-electron chi connectivity index (χ2n) is 6.71. The lowest BCUT2D eigenvalue weighted by Gasteiger charge is -2.45. The van der Waals surface area contributed by atoms with Crippen molar-refractivity contribution in [3.8, 4) is 0 Å². The molecule has 1 aromatic rings. The van der Waals surface area contributed by atoms with Crippen LogP contribution in [0.15, 0.2) is 24.3 Å². The highest BCUT2D eigenvalue weighted by atomic mass is 16.5. The van der Waals surface area contributed by atoms with Gasteiger partial charge in [0.1, 0.15) is 0 Å². The van der Waals surface area contributed by atoms with Crippen LogP contribution in [0, 0.1) is 5.92 Å². The van der Waals surface area contributed by atoms with E-state index in [9.17, 15) is 0 Å². The fourth-order valence-electron chi connectivity index (χ4n) is 3.41. The molecular weight excluding hydrogens is 246 g/mol. The third-order valence-electron chi connectivity index (χ3n) is 4.84. The van der Waals surface area contributed by atoms with Crippen molar-refractivity contribution in [2.75, 3.05) is 11.9 Å². The summed E-state index contributed by atoms with van der Waals surface area (Å²) >= 11 is 0. The maximum atomic E-state index is 5.90. The van der Waals surface area contributed by atoms with E-state index in [1.54, 1.807) is 0 Å². The topological polar surface area (TPSA) is 21.3 Å². The number of rotatable bonds is 5. The van der Waals surface area contributed by atoms with Crippen LogP contribution in [-0.2, 0) is 4.74 Å². The number of benzene rings is 1.